The molecule has 0 saturated carbocycles. The van der Waals surface area contributed by atoms with Gasteiger partial charge < -0.3 is 10.2 Å². The van der Waals surface area contributed by atoms with E-state index in [-0.39, 0.29) is 23.4 Å². The predicted octanol–water partition coefficient (Wildman–Crippen LogP) is 0.706. The van der Waals surface area contributed by atoms with Crippen molar-refractivity contribution in [3.8, 4) is 11.8 Å². The summed E-state index contributed by atoms with van der Waals surface area (Å²) < 4.78 is 1.01. The Kier molecular flexibility index (Phi) is 3.19. The third-order valence-electron chi connectivity index (χ3n) is 1.48. The summed E-state index contributed by atoms with van der Waals surface area (Å²) in [5.41, 5.74) is 0. The Morgan fingerprint density at radius 1 is 1.36 bits per heavy atom. The van der Waals surface area contributed by atoms with Crippen molar-refractivity contribution in [2.45, 2.75) is 13.5 Å². The van der Waals surface area contributed by atoms with Crippen molar-refractivity contribution in [2.24, 2.45) is 0 Å². The predicted molar refractivity (Wildman–Crippen MR) is 51.0 cm³/mol. The van der Waals surface area contributed by atoms with Crippen LogP contribution in [-0.2, 0) is 16.1 Å². The first kappa shape index (κ1) is 10.6. The quantitative estimate of drug-likeness (QED) is 0.759. The summed E-state index contributed by atoms with van der Waals surface area (Å²) in [5.74, 6) is -0.417. The van der Waals surface area contributed by atoms with E-state index in [0.29, 0.717) is 11.8 Å². The lowest BCUT2D eigenvalue weighted by molar-refractivity contribution is -0.112. The Morgan fingerprint density at radius 3 is 2.29 bits per heavy atom. The second kappa shape index (κ2) is 4.19. The first-order chi connectivity index (χ1) is 6.50. The largest absolute Gasteiger partial charge is 0.494 e. The van der Waals surface area contributed by atoms with Gasteiger partial charge in [0.2, 0.25) is 5.12 Å². The highest BCUT2D eigenvalue weighted by Gasteiger charge is 2.12. The minimum Gasteiger partial charge on any atom is -0.494 e. The topological polar surface area (TPSA) is 79.5 Å². The highest BCUT2D eigenvalue weighted by molar-refractivity contribution is 8.26. The lowest BCUT2D eigenvalue weighted by Crippen LogP contribution is -2.07. The average molecular weight is 215 g/mol. The van der Waals surface area contributed by atoms with Crippen LogP contribution in [0, 0.1) is 0 Å². The molecule has 0 spiro atoms. The number of nitrogens with zero attached hydrogens (tertiary/aromatic N) is 1. The Balaban J connectivity index is 2.69. The van der Waals surface area contributed by atoms with E-state index in [0.717, 1.165) is 4.57 Å². The number of rotatable bonds is 2. The maximum absolute atomic E-state index is 11.1. The first-order valence-corrected chi connectivity index (χ1v) is 4.61. The molecule has 0 aliphatic carbocycles. The summed E-state index contributed by atoms with van der Waals surface area (Å²) in [6.07, 6.45) is 0. The number of aromatic hydroxyl groups is 2. The van der Waals surface area contributed by atoms with Crippen molar-refractivity contribution in [3.05, 3.63) is 12.1 Å². The molecule has 14 heavy (non-hydrogen) atoms. The molecule has 0 radical (unpaired) electrons. The summed E-state index contributed by atoms with van der Waals surface area (Å²) in [6, 6.07) is 2.53. The van der Waals surface area contributed by atoms with Crippen LogP contribution < -0.4 is 0 Å². The fourth-order valence-electron chi connectivity index (χ4n) is 0.930. The van der Waals surface area contributed by atoms with Gasteiger partial charge in [0.1, 0.15) is 0 Å². The monoisotopic (exact) mass is 215 g/mol. The van der Waals surface area contributed by atoms with Gasteiger partial charge in [-0.3, -0.25) is 14.2 Å². The molecule has 0 atom stereocenters. The van der Waals surface area contributed by atoms with E-state index in [2.05, 4.69) is 0 Å². The van der Waals surface area contributed by atoms with Crippen LogP contribution in [-0.4, -0.2) is 25.0 Å². The highest BCUT2D eigenvalue weighted by Crippen LogP contribution is 2.21. The summed E-state index contributed by atoms with van der Waals surface area (Å²) in [6.45, 7) is 1.05. The van der Waals surface area contributed by atoms with Crippen LogP contribution in [0.5, 0.6) is 11.8 Å². The van der Waals surface area contributed by atoms with E-state index >= 15 is 0 Å². The Bertz CT molecular complexity index is 352. The second-order valence-corrected chi connectivity index (χ2v) is 3.84. The summed E-state index contributed by atoms with van der Waals surface area (Å²) in [5, 5.41) is 17.6. The van der Waals surface area contributed by atoms with E-state index < -0.39 is 5.12 Å². The number of carbonyl (C=O) groups excluding carboxylic acids is 2. The molecule has 0 fully saturated rings. The molecule has 0 saturated heterocycles. The summed E-state index contributed by atoms with van der Waals surface area (Å²) in [4.78, 5) is 21.7. The van der Waals surface area contributed by atoms with Gasteiger partial charge in [-0.25, -0.2) is 0 Å². The van der Waals surface area contributed by atoms with E-state index in [4.69, 9.17) is 0 Å². The third kappa shape index (κ3) is 2.53. The van der Waals surface area contributed by atoms with E-state index in [1.807, 2.05) is 0 Å². The molecule has 2 N–H and O–H groups in total. The zero-order valence-electron chi connectivity index (χ0n) is 7.43. The highest BCUT2D eigenvalue weighted by atomic mass is 32.2. The van der Waals surface area contributed by atoms with Crippen LogP contribution in [0.2, 0.25) is 0 Å². The van der Waals surface area contributed by atoms with Crippen LogP contribution >= 0.6 is 11.8 Å². The molecule has 0 aliphatic heterocycles. The Hall–Kier alpha value is -1.43. The molecule has 1 aromatic rings. The number of carbonyl (C=O) groups is 2. The van der Waals surface area contributed by atoms with Gasteiger partial charge in [-0.05, 0) is 11.8 Å². The molecule has 0 aromatic carbocycles. The fourth-order valence-corrected chi connectivity index (χ4v) is 1.44. The van der Waals surface area contributed by atoms with Crippen LogP contribution in [0.25, 0.3) is 0 Å². The van der Waals surface area contributed by atoms with Crippen molar-refractivity contribution in [2.75, 3.05) is 0 Å². The Labute approximate surface area is 84.3 Å². The maximum atomic E-state index is 11.1. The second-order valence-electron chi connectivity index (χ2n) is 2.60. The minimum absolute atomic E-state index is 0.208. The first-order valence-electron chi connectivity index (χ1n) is 3.79. The number of aromatic nitrogens is 1. The lowest BCUT2D eigenvalue weighted by atomic mass is 10.6. The van der Waals surface area contributed by atoms with Crippen LogP contribution in [0.3, 0.4) is 0 Å². The maximum Gasteiger partial charge on any atom is 0.216 e. The molecule has 1 rings (SSSR count). The summed E-state index contributed by atoms with van der Waals surface area (Å²) >= 11 is 0.549. The van der Waals surface area contributed by atoms with Gasteiger partial charge in [0.25, 0.3) is 0 Å². The van der Waals surface area contributed by atoms with Gasteiger partial charge in [0.05, 0.1) is 6.54 Å². The zero-order valence-corrected chi connectivity index (χ0v) is 8.24. The SMILES string of the molecule is CC(=O)SC(=O)Cn1c(O)ccc1O. The van der Waals surface area contributed by atoms with Crippen LogP contribution in [0.15, 0.2) is 12.1 Å². The molecule has 1 aromatic heterocycles. The molecular formula is C8H9NO4S. The zero-order chi connectivity index (χ0) is 10.7. The van der Waals surface area contributed by atoms with E-state index in [9.17, 15) is 19.8 Å². The van der Waals surface area contributed by atoms with Gasteiger partial charge >= 0.3 is 0 Å². The third-order valence-corrected chi connectivity index (χ3v) is 2.12. The van der Waals surface area contributed by atoms with Gasteiger partial charge in [-0.2, -0.15) is 0 Å². The molecule has 76 valence electrons. The van der Waals surface area contributed by atoms with Gasteiger partial charge in [0.15, 0.2) is 16.9 Å². The van der Waals surface area contributed by atoms with Gasteiger partial charge in [-0.15, -0.1) is 0 Å². The molecule has 1 heterocycles. The standard InChI is InChI=1S/C8H9NO4S/c1-5(10)14-8(13)4-9-6(11)2-3-7(9)12/h2-3,11-12H,4H2,1H3. The van der Waals surface area contributed by atoms with Crippen molar-refractivity contribution in [1.29, 1.82) is 0 Å². The van der Waals surface area contributed by atoms with Crippen molar-refractivity contribution >= 4 is 22.0 Å². The molecular weight excluding hydrogens is 206 g/mol. The average Bonchev–Trinajstić information content (AvgIpc) is 2.34. The Morgan fingerprint density at radius 2 is 1.86 bits per heavy atom. The lowest BCUT2D eigenvalue weighted by Gasteiger charge is -2.03. The summed E-state index contributed by atoms with van der Waals surface area (Å²) in [7, 11) is 0. The van der Waals surface area contributed by atoms with Crippen LogP contribution in [0.1, 0.15) is 6.92 Å². The molecule has 0 unspecified atom stereocenters. The molecule has 0 aliphatic rings. The van der Waals surface area contributed by atoms with Gasteiger partial charge in [0, 0.05) is 19.1 Å². The molecule has 0 bridgehead atoms. The van der Waals surface area contributed by atoms with E-state index in [1.54, 1.807) is 0 Å². The smallest absolute Gasteiger partial charge is 0.216 e. The number of thioether (sulfide) groups is 1. The molecule has 6 heteroatoms. The van der Waals surface area contributed by atoms with E-state index in [1.165, 1.54) is 19.1 Å². The minimum atomic E-state index is -0.431. The van der Waals surface area contributed by atoms with Crippen molar-refractivity contribution in [3.63, 3.8) is 0 Å². The van der Waals surface area contributed by atoms with Crippen molar-refractivity contribution < 1.29 is 19.8 Å². The molecule has 5 nitrogen and oxygen atoms in total. The van der Waals surface area contributed by atoms with Crippen LogP contribution in [0.4, 0.5) is 0 Å². The fraction of sp³-hybridized carbons (Fsp3) is 0.250. The molecule has 0 amide bonds. The normalized spacial score (nSPS) is 10.1. The van der Waals surface area contributed by atoms with Crippen molar-refractivity contribution in [1.82, 2.24) is 4.57 Å². The number of hydrogen-bond donors (Lipinski definition) is 2. The van der Waals surface area contributed by atoms with Gasteiger partial charge in [-0.1, -0.05) is 0 Å². The number of hydrogen-bond acceptors (Lipinski definition) is 5.